The first-order valence-electron chi connectivity index (χ1n) is 10.1. The number of carbonyl (C=O) groups excluding carboxylic acids is 1. The van der Waals surface area contributed by atoms with Crippen LogP contribution >= 0.6 is 0 Å². The van der Waals surface area contributed by atoms with Gasteiger partial charge in [-0.3, -0.25) is 10.7 Å². The maximum Gasteiger partial charge on any atom is 0.414 e. The number of nitrogens with two attached hydrogens (primary N) is 1. The van der Waals surface area contributed by atoms with Gasteiger partial charge in [-0.2, -0.15) is 4.31 Å². The van der Waals surface area contributed by atoms with Gasteiger partial charge in [-0.15, -0.1) is 0 Å². The van der Waals surface area contributed by atoms with Crippen molar-refractivity contribution in [1.82, 2.24) is 9.62 Å². The Labute approximate surface area is 175 Å². The van der Waals surface area contributed by atoms with Crippen LogP contribution in [0.1, 0.15) is 37.7 Å². The van der Waals surface area contributed by atoms with Gasteiger partial charge < -0.3 is 15.4 Å². The lowest BCUT2D eigenvalue weighted by Crippen LogP contribution is -2.51. The van der Waals surface area contributed by atoms with Gasteiger partial charge in [0, 0.05) is 31.7 Å². The number of ether oxygens (including phenoxy) is 1. The highest BCUT2D eigenvalue weighted by molar-refractivity contribution is 7.89. The van der Waals surface area contributed by atoms with Crippen LogP contribution in [0, 0.1) is 11.2 Å². The molecule has 0 bridgehead atoms. The summed E-state index contributed by atoms with van der Waals surface area (Å²) in [5.41, 5.74) is 5.58. The number of carbonyl (C=O) groups is 1. The lowest BCUT2D eigenvalue weighted by atomic mass is 10.0. The molecule has 0 aromatic heterocycles. The van der Waals surface area contributed by atoms with Gasteiger partial charge in [-0.1, -0.05) is 31.4 Å². The van der Waals surface area contributed by atoms with E-state index >= 15 is 0 Å². The van der Waals surface area contributed by atoms with Crippen LogP contribution in [0.2, 0.25) is 0 Å². The molecule has 1 aromatic rings. The molecule has 1 amide bonds. The summed E-state index contributed by atoms with van der Waals surface area (Å²) in [5, 5.41) is 8.65. The molecule has 0 unspecified atom stereocenters. The summed E-state index contributed by atoms with van der Waals surface area (Å²) < 4.78 is 47.1. The first-order valence-corrected chi connectivity index (χ1v) is 11.6. The Morgan fingerprint density at radius 2 is 1.87 bits per heavy atom. The molecule has 1 saturated heterocycles. The molecule has 166 valence electrons. The summed E-state index contributed by atoms with van der Waals surface area (Å²) in [4.78, 5) is 13.2. The molecule has 9 nitrogen and oxygen atoms in total. The van der Waals surface area contributed by atoms with Crippen molar-refractivity contribution in [2.24, 2.45) is 5.73 Å². The van der Waals surface area contributed by atoms with Crippen molar-refractivity contribution in [1.29, 1.82) is 5.41 Å². The molecule has 4 N–H and O–H groups in total. The minimum Gasteiger partial charge on any atom is -0.444 e. The molecule has 1 aromatic carbocycles. The Kier molecular flexibility index (Phi) is 7.14. The van der Waals surface area contributed by atoms with E-state index < -0.39 is 27.9 Å². The lowest BCUT2D eigenvalue weighted by Gasteiger charge is -2.38. The van der Waals surface area contributed by atoms with Gasteiger partial charge in [0.15, 0.2) is 11.8 Å². The summed E-state index contributed by atoms with van der Waals surface area (Å²) in [6, 6.07) is 4.79. The molecule has 30 heavy (non-hydrogen) atoms. The number of rotatable bonds is 5. The summed E-state index contributed by atoms with van der Waals surface area (Å²) in [5.74, 6) is -1.08. The number of hydrogen-bond acceptors (Lipinski definition) is 6. The van der Waals surface area contributed by atoms with E-state index in [-0.39, 0.29) is 17.4 Å². The molecule has 0 spiro atoms. The van der Waals surface area contributed by atoms with Crippen LogP contribution < -0.4 is 16.0 Å². The van der Waals surface area contributed by atoms with Crippen molar-refractivity contribution in [2.45, 2.75) is 44.0 Å². The molecule has 1 aliphatic heterocycles. The van der Waals surface area contributed by atoms with Crippen molar-refractivity contribution in [3.63, 3.8) is 0 Å². The standard InChI is InChI=1S/C19H28FN5O4S/c20-17-14(13-29-19(26)23-18(21)22)5-4-8-16(17)24-9-11-25(12-10-24)30(27,28)15-6-2-1-3-7-15/h4-5,8,15H,1-3,6-7,9-13H2,(H4,21,22,23,26). The molecule has 2 fully saturated rings. The molecule has 1 aliphatic carbocycles. The number of anilines is 1. The minimum absolute atomic E-state index is 0.184. The second-order valence-corrected chi connectivity index (χ2v) is 9.77. The second kappa shape index (κ2) is 9.61. The fraction of sp³-hybridized carbons (Fsp3) is 0.579. The van der Waals surface area contributed by atoms with Crippen molar-refractivity contribution in [2.75, 3.05) is 31.1 Å². The fourth-order valence-corrected chi connectivity index (χ4v) is 5.99. The number of nitrogens with zero attached hydrogens (tertiary/aromatic N) is 2. The van der Waals surface area contributed by atoms with E-state index in [4.69, 9.17) is 15.9 Å². The average Bonchev–Trinajstić information content (AvgIpc) is 2.73. The van der Waals surface area contributed by atoms with E-state index in [0.29, 0.717) is 31.9 Å². The Hall–Kier alpha value is -2.40. The first kappa shape index (κ1) is 22.3. The Morgan fingerprint density at radius 1 is 1.20 bits per heavy atom. The zero-order valence-electron chi connectivity index (χ0n) is 16.8. The van der Waals surface area contributed by atoms with Gasteiger partial charge in [0.2, 0.25) is 10.0 Å². The largest absolute Gasteiger partial charge is 0.444 e. The number of piperazine rings is 1. The SMILES string of the molecule is N=C(N)NC(=O)OCc1cccc(N2CCN(S(=O)(=O)C3CCCCC3)CC2)c1F. The van der Waals surface area contributed by atoms with E-state index in [1.165, 1.54) is 10.4 Å². The van der Waals surface area contributed by atoms with Crippen molar-refractivity contribution in [3.8, 4) is 0 Å². The van der Waals surface area contributed by atoms with Gasteiger partial charge in [0.1, 0.15) is 6.61 Å². The predicted octanol–water partition coefficient (Wildman–Crippen LogP) is 1.73. The highest BCUT2D eigenvalue weighted by atomic mass is 32.2. The number of alkyl carbamates (subject to hydrolysis) is 1. The summed E-state index contributed by atoms with van der Waals surface area (Å²) in [7, 11) is -3.32. The van der Waals surface area contributed by atoms with Crippen LogP contribution in [0.15, 0.2) is 18.2 Å². The van der Waals surface area contributed by atoms with Gasteiger partial charge in [0.25, 0.3) is 0 Å². The van der Waals surface area contributed by atoms with Crippen LogP contribution in [0.25, 0.3) is 0 Å². The van der Waals surface area contributed by atoms with E-state index in [9.17, 15) is 17.6 Å². The van der Waals surface area contributed by atoms with Gasteiger partial charge in [-0.25, -0.2) is 17.6 Å². The molecule has 2 aliphatic rings. The van der Waals surface area contributed by atoms with E-state index in [1.54, 1.807) is 17.0 Å². The van der Waals surface area contributed by atoms with Crippen LogP contribution in [-0.2, 0) is 21.4 Å². The van der Waals surface area contributed by atoms with Crippen molar-refractivity contribution in [3.05, 3.63) is 29.6 Å². The number of sulfonamides is 1. The number of benzene rings is 1. The van der Waals surface area contributed by atoms with Crippen LogP contribution in [0.4, 0.5) is 14.9 Å². The van der Waals surface area contributed by atoms with Crippen LogP contribution in [0.3, 0.4) is 0 Å². The third-order valence-electron chi connectivity index (χ3n) is 5.57. The van der Waals surface area contributed by atoms with Gasteiger partial charge in [-0.05, 0) is 18.9 Å². The quantitative estimate of drug-likeness (QED) is 0.471. The summed E-state index contributed by atoms with van der Waals surface area (Å²) >= 11 is 0. The third kappa shape index (κ3) is 5.20. The van der Waals surface area contributed by atoms with E-state index in [2.05, 4.69) is 0 Å². The zero-order valence-corrected chi connectivity index (χ0v) is 17.6. The summed E-state index contributed by atoms with van der Waals surface area (Å²) in [6.45, 7) is 1.10. The van der Waals surface area contributed by atoms with Crippen LogP contribution in [0.5, 0.6) is 0 Å². The topological polar surface area (TPSA) is 129 Å². The molecular formula is C19H28FN5O4S. The first-order chi connectivity index (χ1) is 14.3. The van der Waals surface area contributed by atoms with Crippen molar-refractivity contribution < 1.29 is 22.3 Å². The molecule has 11 heteroatoms. The Morgan fingerprint density at radius 3 is 2.50 bits per heavy atom. The third-order valence-corrected chi connectivity index (χ3v) is 7.97. The van der Waals surface area contributed by atoms with Gasteiger partial charge >= 0.3 is 6.09 Å². The van der Waals surface area contributed by atoms with Crippen LogP contribution in [-0.4, -0.2) is 56.2 Å². The number of hydrogen-bond donors (Lipinski definition) is 3. The fourth-order valence-electron chi connectivity index (χ4n) is 3.97. The maximum absolute atomic E-state index is 14.9. The highest BCUT2D eigenvalue weighted by Gasteiger charge is 2.35. The number of amides is 1. The molecule has 0 radical (unpaired) electrons. The predicted molar refractivity (Wildman–Crippen MR) is 111 cm³/mol. The molecule has 1 saturated carbocycles. The normalized spacial score (nSPS) is 18.8. The minimum atomic E-state index is -3.32. The highest BCUT2D eigenvalue weighted by Crippen LogP contribution is 2.28. The molecule has 1 heterocycles. The van der Waals surface area contributed by atoms with Crippen molar-refractivity contribution >= 4 is 27.8 Å². The van der Waals surface area contributed by atoms with Gasteiger partial charge in [0.05, 0.1) is 10.9 Å². The average molecular weight is 442 g/mol. The molecular weight excluding hydrogens is 413 g/mol. The monoisotopic (exact) mass is 441 g/mol. The smallest absolute Gasteiger partial charge is 0.414 e. The maximum atomic E-state index is 14.9. The number of nitrogens with one attached hydrogen (secondary N) is 2. The molecule has 0 atom stereocenters. The Balaban J connectivity index is 1.61. The summed E-state index contributed by atoms with van der Waals surface area (Å²) in [6.07, 6.45) is 3.50. The van der Waals surface area contributed by atoms with E-state index in [0.717, 1.165) is 32.1 Å². The molecule has 3 rings (SSSR count). The lowest BCUT2D eigenvalue weighted by molar-refractivity contribution is 0.143. The second-order valence-electron chi connectivity index (χ2n) is 7.56. The Bertz CT molecular complexity index is 881. The zero-order chi connectivity index (χ0) is 21.7. The number of guanidine groups is 1. The van der Waals surface area contributed by atoms with E-state index in [1.807, 2.05) is 5.32 Å². The number of halogens is 1.